The molecule has 8 amide bonds. The summed E-state index contributed by atoms with van der Waals surface area (Å²) in [7, 11) is 0. The quantitative estimate of drug-likeness (QED) is 0.0128. The largest absolute Gasteiger partial charge is 0.508 e. The number of nitrogens with one attached hydrogen (secondary N) is 7. The van der Waals surface area contributed by atoms with Gasteiger partial charge in [0.15, 0.2) is 11.9 Å². The summed E-state index contributed by atoms with van der Waals surface area (Å²) in [6.45, 7) is 5.04. The van der Waals surface area contributed by atoms with Crippen molar-refractivity contribution in [3.8, 4) is 5.75 Å². The van der Waals surface area contributed by atoms with Gasteiger partial charge in [-0.3, -0.25) is 53.1 Å². The number of benzene rings is 1. The zero-order chi connectivity index (χ0) is 56.8. The van der Waals surface area contributed by atoms with Crippen molar-refractivity contribution < 1.29 is 63.3 Å². The Hall–Kier alpha value is -7.66. The number of aldehydes is 1. The summed E-state index contributed by atoms with van der Waals surface area (Å²) < 4.78 is 0. The van der Waals surface area contributed by atoms with E-state index in [1.807, 2.05) is 0 Å². The second kappa shape index (κ2) is 34.7. The topological polar surface area (TPSA) is 522 Å². The number of carbonyl (C=O) groups is 10. The number of carboxylic acids is 1. The molecule has 1 rings (SSSR count). The van der Waals surface area contributed by atoms with Crippen molar-refractivity contribution in [3.05, 3.63) is 29.8 Å². The van der Waals surface area contributed by atoms with Crippen LogP contribution in [0.1, 0.15) is 97.0 Å². The lowest BCUT2D eigenvalue weighted by molar-refractivity contribution is -0.139. The molecular weight excluding hydrogens is 985 g/mol. The summed E-state index contributed by atoms with van der Waals surface area (Å²) in [5, 5.41) is 46.9. The van der Waals surface area contributed by atoms with E-state index in [0.29, 0.717) is 18.3 Å². The van der Waals surface area contributed by atoms with Crippen molar-refractivity contribution in [1.82, 2.24) is 37.2 Å². The van der Waals surface area contributed by atoms with Crippen LogP contribution in [0.25, 0.3) is 0 Å². The van der Waals surface area contributed by atoms with Crippen LogP contribution in [0.2, 0.25) is 0 Å². The molecule has 1 aromatic carbocycles. The molecule has 420 valence electrons. The Morgan fingerprint density at radius 2 is 1.07 bits per heavy atom. The van der Waals surface area contributed by atoms with Crippen LogP contribution in [-0.4, -0.2) is 161 Å². The first kappa shape index (κ1) is 65.4. The number of nitrogens with zero attached hydrogens (tertiary/aromatic N) is 2. The van der Waals surface area contributed by atoms with E-state index in [-0.39, 0.29) is 94.6 Å². The minimum atomic E-state index is -1.86. The van der Waals surface area contributed by atoms with Gasteiger partial charge in [-0.25, -0.2) is 0 Å². The lowest BCUT2D eigenvalue weighted by Crippen LogP contribution is -2.62. The lowest BCUT2D eigenvalue weighted by Gasteiger charge is -2.28. The van der Waals surface area contributed by atoms with Crippen LogP contribution in [0.3, 0.4) is 0 Å². The predicted molar refractivity (Wildman–Crippen MR) is 274 cm³/mol. The predicted octanol–water partition coefficient (Wildman–Crippen LogP) is -5.74. The molecule has 0 bridgehead atoms. The minimum Gasteiger partial charge on any atom is -0.508 e. The van der Waals surface area contributed by atoms with Gasteiger partial charge in [-0.2, -0.15) is 0 Å². The number of carbonyl (C=O) groups excluding carboxylic acids is 9. The van der Waals surface area contributed by atoms with Crippen LogP contribution in [0.4, 0.5) is 0 Å². The fourth-order valence-electron chi connectivity index (χ4n) is 7.16. The van der Waals surface area contributed by atoms with Crippen LogP contribution in [0, 0.1) is 5.92 Å². The van der Waals surface area contributed by atoms with Crippen molar-refractivity contribution >= 4 is 71.4 Å². The summed E-state index contributed by atoms with van der Waals surface area (Å²) >= 11 is 0. The number of hydrogen-bond donors (Lipinski definition) is 17. The Labute approximate surface area is 434 Å². The number of amides is 8. The van der Waals surface area contributed by atoms with Gasteiger partial charge >= 0.3 is 5.97 Å². The molecule has 0 saturated heterocycles. The molecule has 0 aromatic heterocycles. The number of rotatable bonds is 37. The van der Waals surface area contributed by atoms with E-state index in [1.54, 1.807) is 26.0 Å². The zero-order valence-electron chi connectivity index (χ0n) is 42.6. The van der Waals surface area contributed by atoms with Crippen molar-refractivity contribution in [2.45, 2.75) is 152 Å². The number of aliphatic imine (C=N–C) groups is 2. The molecule has 29 nitrogen and oxygen atoms in total. The number of primary amides is 1. The van der Waals surface area contributed by atoms with Gasteiger partial charge < -0.3 is 97.5 Å². The standard InChI is InChI=1S/C46H78N16O13/c1-24(2)20-33(60-38(69)29(48)21-26-11-13-28(65)14-12-26)43(74)62-37(25(3)64)44(75)59-30(9-4-5-17-47)40(71)61-34(22-35(49)66)42(73)58-32(15-16-36(67)68)41(72)57-31(10-7-19-55-46(52)53)39(70)56-27(23-63)8-6-18-54-45(50)51/h11-14,23-25,27,29-34,37,64-65H,4-10,15-22,47-48H2,1-3H3,(H2,49,66)(H,56,70)(H,57,72)(H,58,73)(H,59,75)(H,60,69)(H,61,71)(H,62,74)(H,67,68)(H4,50,51,54)(H4,52,53,55)/t25-,27+,29+,30+,31+,32+,33+,34+,37+/m1/s1. The van der Waals surface area contributed by atoms with E-state index in [4.69, 9.17) is 40.1 Å². The summed E-state index contributed by atoms with van der Waals surface area (Å²) in [6, 6.07) is -5.69. The van der Waals surface area contributed by atoms with E-state index in [0.717, 1.165) is 0 Å². The SMILES string of the molecule is CC(C)C[C@H](NC(=O)[C@@H](N)Cc1ccc(O)cc1)C(=O)N[C@H](C(=O)N[C@@H](CCCCN)C(=O)N[C@@H](CC(N)=O)C(=O)N[C@@H](CCC(=O)O)C(=O)N[C@@H](CCCN=C(N)N)C(=O)N[C@H](C=O)CCCN=C(N)N)[C@@H](C)O. The molecule has 0 aliphatic rings. The van der Waals surface area contributed by atoms with Gasteiger partial charge in [-0.1, -0.05) is 26.0 Å². The Kier molecular flexibility index (Phi) is 30.2. The minimum absolute atomic E-state index is 0.00580. The van der Waals surface area contributed by atoms with Crippen LogP contribution in [0.5, 0.6) is 5.75 Å². The average Bonchev–Trinajstić information content (AvgIpc) is 3.32. The molecule has 1 aromatic rings. The highest BCUT2D eigenvalue weighted by atomic mass is 16.4. The number of aromatic hydroxyl groups is 1. The molecule has 0 fully saturated rings. The van der Waals surface area contributed by atoms with Gasteiger partial charge in [-0.15, -0.1) is 0 Å². The highest BCUT2D eigenvalue weighted by molar-refractivity contribution is 5.99. The number of aliphatic carboxylic acids is 1. The molecule has 0 aliphatic carbocycles. The first-order chi connectivity index (χ1) is 35.3. The third-order valence-electron chi connectivity index (χ3n) is 11.1. The third-order valence-corrected chi connectivity index (χ3v) is 11.1. The Morgan fingerprint density at radius 3 is 1.56 bits per heavy atom. The molecule has 0 radical (unpaired) electrons. The first-order valence-electron chi connectivity index (χ1n) is 24.4. The van der Waals surface area contributed by atoms with E-state index >= 15 is 0 Å². The summed E-state index contributed by atoms with van der Waals surface area (Å²) in [4.78, 5) is 140. The number of aliphatic hydroxyl groups is 1. The Bertz CT molecular complexity index is 2120. The number of carboxylic acid groups (broad SMARTS) is 1. The number of hydrogen-bond acceptors (Lipinski definition) is 16. The maximum absolute atomic E-state index is 14.0. The van der Waals surface area contributed by atoms with Gasteiger partial charge in [0.05, 0.1) is 24.6 Å². The summed E-state index contributed by atoms with van der Waals surface area (Å²) in [5.41, 5.74) is 39.4. The van der Waals surface area contributed by atoms with Crippen molar-refractivity contribution in [2.75, 3.05) is 19.6 Å². The average molecular weight is 1060 g/mol. The van der Waals surface area contributed by atoms with Gasteiger partial charge in [0.25, 0.3) is 0 Å². The van der Waals surface area contributed by atoms with Crippen molar-refractivity contribution in [3.63, 3.8) is 0 Å². The smallest absolute Gasteiger partial charge is 0.303 e. The Morgan fingerprint density at radius 1 is 0.600 bits per heavy atom. The van der Waals surface area contributed by atoms with Gasteiger partial charge in [0.1, 0.15) is 48.3 Å². The van der Waals surface area contributed by atoms with Crippen LogP contribution < -0.4 is 77.4 Å². The molecule has 9 atom stereocenters. The maximum atomic E-state index is 14.0. The number of aliphatic hydroxyl groups excluding tert-OH is 1. The highest BCUT2D eigenvalue weighted by Gasteiger charge is 2.36. The number of phenols is 1. The molecule has 0 unspecified atom stereocenters. The molecule has 0 saturated carbocycles. The van der Waals surface area contributed by atoms with Crippen molar-refractivity contribution in [2.24, 2.45) is 56.0 Å². The second-order valence-electron chi connectivity index (χ2n) is 18.2. The van der Waals surface area contributed by atoms with Crippen LogP contribution in [-0.2, 0) is 54.4 Å². The Balaban J connectivity index is 3.43. The molecular formula is C46H78N16O13. The molecule has 0 aliphatic heterocycles. The molecule has 29 heteroatoms. The van der Waals surface area contributed by atoms with Crippen LogP contribution in [0.15, 0.2) is 34.3 Å². The lowest BCUT2D eigenvalue weighted by atomic mass is 10.0. The maximum Gasteiger partial charge on any atom is 0.303 e. The second-order valence-corrected chi connectivity index (χ2v) is 18.2. The molecule has 75 heavy (non-hydrogen) atoms. The fraction of sp³-hybridized carbons (Fsp3) is 0.609. The summed E-state index contributed by atoms with van der Waals surface area (Å²) in [5.74, 6) is -9.99. The van der Waals surface area contributed by atoms with Gasteiger partial charge in [-0.05, 0) is 101 Å². The van der Waals surface area contributed by atoms with Gasteiger partial charge in [0, 0.05) is 19.5 Å². The number of nitrogens with two attached hydrogens (primary N) is 7. The van der Waals surface area contributed by atoms with E-state index in [9.17, 15) is 63.3 Å². The van der Waals surface area contributed by atoms with E-state index < -0.39 is 127 Å². The number of guanidine groups is 2. The molecule has 0 spiro atoms. The zero-order valence-corrected chi connectivity index (χ0v) is 42.6. The normalized spacial score (nSPS) is 14.5. The van der Waals surface area contributed by atoms with Crippen molar-refractivity contribution in [1.29, 1.82) is 0 Å². The van der Waals surface area contributed by atoms with E-state index in [2.05, 4.69) is 47.2 Å². The number of phenolic OH excluding ortho intramolecular Hbond substituents is 1. The fourth-order valence-corrected chi connectivity index (χ4v) is 7.16. The monoisotopic (exact) mass is 1060 g/mol. The van der Waals surface area contributed by atoms with E-state index in [1.165, 1.54) is 19.1 Å². The summed E-state index contributed by atoms with van der Waals surface area (Å²) in [6.07, 6.45) is -2.39. The van der Waals surface area contributed by atoms with Crippen LogP contribution >= 0.6 is 0 Å². The highest BCUT2D eigenvalue weighted by Crippen LogP contribution is 2.13. The first-order valence-corrected chi connectivity index (χ1v) is 24.4. The third kappa shape index (κ3) is 27.3. The van der Waals surface area contributed by atoms with Gasteiger partial charge in [0.2, 0.25) is 47.3 Å². The number of unbranched alkanes of at least 4 members (excludes halogenated alkanes) is 1. The molecule has 0 heterocycles. The molecule has 24 N–H and O–H groups in total.